The van der Waals surface area contributed by atoms with Crippen molar-refractivity contribution in [3.63, 3.8) is 0 Å². The van der Waals surface area contributed by atoms with E-state index in [1.165, 1.54) is 26.4 Å². The summed E-state index contributed by atoms with van der Waals surface area (Å²) in [6.07, 6.45) is -3.01. The van der Waals surface area contributed by atoms with E-state index >= 15 is 0 Å². The van der Waals surface area contributed by atoms with Gasteiger partial charge in [-0.05, 0) is 61.5 Å². The molecule has 7 nitrogen and oxygen atoms in total. The van der Waals surface area contributed by atoms with Gasteiger partial charge < -0.3 is 19.7 Å². The number of methoxy groups -OCH3 is 2. The lowest BCUT2D eigenvalue weighted by atomic mass is 10.0. The van der Waals surface area contributed by atoms with Gasteiger partial charge in [0.2, 0.25) is 0 Å². The zero-order valence-electron chi connectivity index (χ0n) is 25.3. The van der Waals surface area contributed by atoms with Crippen LogP contribution in [0.5, 0.6) is 11.5 Å². The van der Waals surface area contributed by atoms with Gasteiger partial charge in [-0.25, -0.2) is 4.98 Å². The van der Waals surface area contributed by atoms with Crippen LogP contribution in [0.3, 0.4) is 0 Å². The minimum Gasteiger partial charge on any atom is -0.493 e. The minimum atomic E-state index is -4.56. The maximum absolute atomic E-state index is 14.0. The first kappa shape index (κ1) is 32.1. The lowest BCUT2D eigenvalue weighted by Gasteiger charge is -2.33. The van der Waals surface area contributed by atoms with Crippen LogP contribution in [0.2, 0.25) is 5.15 Å². The molecule has 0 spiro atoms. The summed E-state index contributed by atoms with van der Waals surface area (Å²) in [5, 5.41) is 4.26. The third-order valence-corrected chi connectivity index (χ3v) is 8.14. The van der Waals surface area contributed by atoms with Gasteiger partial charge in [-0.15, -0.1) is 0 Å². The number of likely N-dealkylation sites (N-methyl/N-ethyl adjacent to an activating group) is 1. The van der Waals surface area contributed by atoms with Crippen molar-refractivity contribution in [1.29, 1.82) is 0 Å². The van der Waals surface area contributed by atoms with Crippen molar-refractivity contribution in [2.75, 3.05) is 52.8 Å². The lowest BCUT2D eigenvalue weighted by molar-refractivity contribution is -0.138. The number of carbonyl (C=O) groups excluding carboxylic acids is 1. The number of aromatic nitrogens is 1. The number of pyridine rings is 1. The van der Waals surface area contributed by atoms with Gasteiger partial charge in [0.25, 0.3) is 5.91 Å². The number of halogens is 4. The van der Waals surface area contributed by atoms with Gasteiger partial charge in [-0.3, -0.25) is 9.69 Å². The van der Waals surface area contributed by atoms with Crippen LogP contribution in [0.1, 0.15) is 38.2 Å². The van der Waals surface area contributed by atoms with Crippen molar-refractivity contribution in [2.24, 2.45) is 0 Å². The first-order valence-electron chi connectivity index (χ1n) is 14.2. The number of nitrogens with zero attached hydrogens (tertiary/aromatic N) is 3. The van der Waals surface area contributed by atoms with Crippen molar-refractivity contribution < 1.29 is 27.4 Å². The number of fused-ring (bicyclic) bond motifs is 1. The van der Waals surface area contributed by atoms with E-state index in [0.29, 0.717) is 46.5 Å². The second-order valence-electron chi connectivity index (χ2n) is 10.9. The highest BCUT2D eigenvalue weighted by Crippen LogP contribution is 2.36. The van der Waals surface area contributed by atoms with Gasteiger partial charge in [0.15, 0.2) is 11.5 Å². The number of rotatable bonds is 6. The number of piperazine rings is 1. The molecular formula is C34H32ClF3N4O3. The summed E-state index contributed by atoms with van der Waals surface area (Å²) in [4.78, 5) is 21.6. The molecule has 0 atom stereocenters. The van der Waals surface area contributed by atoms with Crippen LogP contribution in [0.15, 0.2) is 54.7 Å². The lowest BCUT2D eigenvalue weighted by Crippen LogP contribution is -2.44. The molecule has 1 aliphatic rings. The molecule has 0 radical (unpaired) electrons. The Morgan fingerprint density at radius 2 is 1.62 bits per heavy atom. The number of aryl methyl sites for hydroxylation is 1. The normalized spacial score (nSPS) is 14.1. The molecular weight excluding hydrogens is 605 g/mol. The van der Waals surface area contributed by atoms with Crippen molar-refractivity contribution in [1.82, 2.24) is 14.8 Å². The van der Waals surface area contributed by atoms with Crippen LogP contribution in [-0.2, 0) is 12.7 Å². The number of carbonyl (C=O) groups is 1. The Morgan fingerprint density at radius 1 is 0.956 bits per heavy atom. The smallest absolute Gasteiger partial charge is 0.416 e. The van der Waals surface area contributed by atoms with E-state index in [-0.39, 0.29) is 28.5 Å². The summed E-state index contributed by atoms with van der Waals surface area (Å²) in [7, 11) is 5.05. The summed E-state index contributed by atoms with van der Waals surface area (Å²) in [5.41, 5.74) is 1.71. The average Bonchev–Trinajstić information content (AvgIpc) is 3.02. The van der Waals surface area contributed by atoms with Crippen molar-refractivity contribution in [3.8, 4) is 23.3 Å². The Bertz CT molecular complexity index is 1810. The van der Waals surface area contributed by atoms with Crippen molar-refractivity contribution in [3.05, 3.63) is 93.3 Å². The molecule has 0 unspecified atom stereocenters. The van der Waals surface area contributed by atoms with E-state index in [9.17, 15) is 18.0 Å². The molecule has 0 saturated carbocycles. The molecule has 4 aromatic rings. The van der Waals surface area contributed by atoms with Crippen LogP contribution >= 0.6 is 11.6 Å². The molecule has 2 heterocycles. The highest BCUT2D eigenvalue weighted by atomic mass is 35.5. The molecule has 11 heteroatoms. The summed E-state index contributed by atoms with van der Waals surface area (Å²) in [6, 6.07) is 12.4. The molecule has 0 aliphatic carbocycles. The predicted molar refractivity (Wildman–Crippen MR) is 169 cm³/mol. The molecule has 45 heavy (non-hydrogen) atoms. The molecule has 234 valence electrons. The predicted octanol–water partition coefficient (Wildman–Crippen LogP) is 6.63. The van der Waals surface area contributed by atoms with Gasteiger partial charge in [-0.1, -0.05) is 35.6 Å². The molecule has 1 aromatic heterocycles. The van der Waals surface area contributed by atoms with Crippen molar-refractivity contribution >= 4 is 34.0 Å². The molecule has 1 N–H and O–H groups in total. The fourth-order valence-electron chi connectivity index (χ4n) is 5.17. The fraction of sp³-hybridized carbons (Fsp3) is 0.294. The van der Waals surface area contributed by atoms with E-state index in [1.54, 1.807) is 36.5 Å². The van der Waals surface area contributed by atoms with Crippen LogP contribution in [0.25, 0.3) is 10.8 Å². The quantitative estimate of drug-likeness (QED) is 0.189. The highest BCUT2D eigenvalue weighted by molar-refractivity contribution is 6.34. The first-order chi connectivity index (χ1) is 21.5. The largest absolute Gasteiger partial charge is 0.493 e. The number of benzene rings is 3. The SMILES string of the molecule is COc1cc2c(C#Cc3cc(C(=O)Nc4ccc(CN5CCN(C)CC5)c(C(F)(F)F)c4)ccc3C)cnc(Cl)c2cc1OC. The van der Waals surface area contributed by atoms with Crippen LogP contribution in [-0.4, -0.2) is 68.1 Å². The highest BCUT2D eigenvalue weighted by Gasteiger charge is 2.34. The number of nitrogens with one attached hydrogen (secondary N) is 1. The molecule has 0 bridgehead atoms. The number of anilines is 1. The fourth-order valence-corrected chi connectivity index (χ4v) is 5.38. The van der Waals surface area contributed by atoms with Gasteiger partial charge >= 0.3 is 6.18 Å². The zero-order chi connectivity index (χ0) is 32.3. The number of hydrogen-bond acceptors (Lipinski definition) is 6. The first-order valence-corrected chi connectivity index (χ1v) is 14.6. The third-order valence-electron chi connectivity index (χ3n) is 7.84. The van der Waals surface area contributed by atoms with Gasteiger partial charge in [-0.2, -0.15) is 13.2 Å². The Labute approximate surface area is 264 Å². The zero-order valence-corrected chi connectivity index (χ0v) is 26.1. The third kappa shape index (κ3) is 7.34. The summed E-state index contributed by atoms with van der Waals surface area (Å²) in [6.45, 7) is 5.03. The average molecular weight is 637 g/mol. The molecule has 1 fully saturated rings. The molecule has 1 saturated heterocycles. The maximum atomic E-state index is 14.0. The van der Waals surface area contributed by atoms with Crippen LogP contribution in [0.4, 0.5) is 18.9 Å². The Kier molecular flexibility index (Phi) is 9.53. The van der Waals surface area contributed by atoms with Gasteiger partial charge in [0.1, 0.15) is 5.15 Å². The van der Waals surface area contributed by atoms with E-state index in [1.807, 2.05) is 18.9 Å². The van der Waals surface area contributed by atoms with Crippen LogP contribution < -0.4 is 14.8 Å². The van der Waals surface area contributed by atoms with E-state index in [2.05, 4.69) is 27.0 Å². The number of ether oxygens (including phenoxy) is 2. The molecule has 5 rings (SSSR count). The molecule has 1 aliphatic heterocycles. The number of hydrogen-bond donors (Lipinski definition) is 1. The second kappa shape index (κ2) is 13.4. The Morgan fingerprint density at radius 3 is 2.29 bits per heavy atom. The Hall–Kier alpha value is -4.30. The number of amides is 1. The van der Waals surface area contributed by atoms with E-state index < -0.39 is 17.6 Å². The summed E-state index contributed by atoms with van der Waals surface area (Å²) in [5.74, 6) is 6.67. The summed E-state index contributed by atoms with van der Waals surface area (Å²) < 4.78 is 53.0. The molecule has 3 aromatic carbocycles. The second-order valence-corrected chi connectivity index (χ2v) is 11.3. The monoisotopic (exact) mass is 636 g/mol. The maximum Gasteiger partial charge on any atom is 0.416 e. The van der Waals surface area contributed by atoms with Crippen LogP contribution in [0, 0.1) is 18.8 Å². The molecule has 1 amide bonds. The van der Waals surface area contributed by atoms with E-state index in [4.69, 9.17) is 21.1 Å². The van der Waals surface area contributed by atoms with E-state index in [0.717, 1.165) is 24.7 Å². The van der Waals surface area contributed by atoms with Crippen molar-refractivity contribution in [2.45, 2.75) is 19.6 Å². The van der Waals surface area contributed by atoms with Gasteiger partial charge in [0.05, 0.1) is 25.3 Å². The summed E-state index contributed by atoms with van der Waals surface area (Å²) >= 11 is 6.34. The number of alkyl halides is 3. The topological polar surface area (TPSA) is 66.9 Å². The minimum absolute atomic E-state index is 0.0609. The Balaban J connectivity index is 1.40. The van der Waals surface area contributed by atoms with Gasteiger partial charge in [0, 0.05) is 66.5 Å². The standard InChI is InChI=1S/C34H32ClF3N4O3/c1-21-5-6-23(15-22(21)7-8-24-19-39-32(35)28-18-31(45-4)30(44-3)17-27(24)28)33(43)40-26-10-9-25(29(16-26)34(36,37)38)20-42-13-11-41(2)12-14-42/h5-6,9-10,15-19H,11-14,20H2,1-4H3,(H,40,43).